The van der Waals surface area contributed by atoms with Crippen LogP contribution >= 0.6 is 0 Å². The van der Waals surface area contributed by atoms with E-state index >= 15 is 0 Å². The molecule has 7 nitrogen and oxygen atoms in total. The predicted octanol–water partition coefficient (Wildman–Crippen LogP) is 3.57. The molecule has 1 aliphatic carbocycles. The molecule has 7 heteroatoms. The van der Waals surface area contributed by atoms with Crippen molar-refractivity contribution in [3.8, 4) is 0 Å². The van der Waals surface area contributed by atoms with Crippen molar-refractivity contribution >= 4 is 33.7 Å². The summed E-state index contributed by atoms with van der Waals surface area (Å²) in [5.41, 5.74) is 2.70. The Bertz CT molecular complexity index is 1310. The quantitative estimate of drug-likeness (QED) is 0.527. The van der Waals surface area contributed by atoms with E-state index in [-0.39, 0.29) is 11.9 Å². The first-order chi connectivity index (χ1) is 15.3. The van der Waals surface area contributed by atoms with Crippen LogP contribution in [-0.2, 0) is 0 Å². The van der Waals surface area contributed by atoms with E-state index in [1.54, 1.807) is 6.33 Å². The molecule has 31 heavy (non-hydrogen) atoms. The Morgan fingerprint density at radius 3 is 2.87 bits per heavy atom. The van der Waals surface area contributed by atoms with Crippen molar-refractivity contribution in [2.45, 2.75) is 31.3 Å². The lowest BCUT2D eigenvalue weighted by atomic mass is 9.82. The lowest BCUT2D eigenvalue weighted by Gasteiger charge is -2.47. The number of benzene rings is 1. The van der Waals surface area contributed by atoms with Gasteiger partial charge in [-0.05, 0) is 55.4 Å². The minimum Gasteiger partial charge on any atom is -0.361 e. The Kier molecular flexibility index (Phi) is 3.54. The molecule has 1 saturated carbocycles. The zero-order chi connectivity index (χ0) is 20.5. The van der Waals surface area contributed by atoms with Crippen molar-refractivity contribution in [1.29, 1.82) is 0 Å². The topological polar surface area (TPSA) is 80.9 Å². The van der Waals surface area contributed by atoms with E-state index in [0.29, 0.717) is 17.9 Å². The van der Waals surface area contributed by atoms with Gasteiger partial charge in [0.25, 0.3) is 5.91 Å². The highest BCUT2D eigenvalue weighted by Gasteiger charge is 2.56. The number of rotatable bonds is 2. The highest BCUT2D eigenvalue weighted by molar-refractivity contribution is 6.06. The number of carbonyl (C=O) groups is 1. The van der Waals surface area contributed by atoms with Gasteiger partial charge in [0.15, 0.2) is 0 Å². The zero-order valence-electron chi connectivity index (χ0n) is 17.2. The molecular formula is C24H24N6O. The normalized spacial score (nSPS) is 27.4. The van der Waals surface area contributed by atoms with Crippen LogP contribution in [0.25, 0.3) is 21.9 Å². The summed E-state index contributed by atoms with van der Waals surface area (Å²) < 4.78 is 0. The number of anilines is 1. The van der Waals surface area contributed by atoms with Gasteiger partial charge in [-0.3, -0.25) is 4.79 Å². The second-order valence-electron chi connectivity index (χ2n) is 9.17. The third kappa shape index (κ3) is 2.49. The van der Waals surface area contributed by atoms with Crippen molar-refractivity contribution in [3.05, 3.63) is 54.6 Å². The fourth-order valence-corrected chi connectivity index (χ4v) is 6.19. The average Bonchev–Trinajstić information content (AvgIpc) is 3.22. The first-order valence-corrected chi connectivity index (χ1v) is 11.2. The molecule has 0 bridgehead atoms. The van der Waals surface area contributed by atoms with Crippen LogP contribution in [-0.4, -0.2) is 55.9 Å². The number of nitrogens with zero attached hydrogens (tertiary/aromatic N) is 4. The highest BCUT2D eigenvalue weighted by atomic mass is 16.2. The predicted molar refractivity (Wildman–Crippen MR) is 119 cm³/mol. The van der Waals surface area contributed by atoms with Gasteiger partial charge in [0.1, 0.15) is 17.8 Å². The molecule has 3 aliphatic rings. The van der Waals surface area contributed by atoms with Crippen molar-refractivity contribution in [1.82, 2.24) is 24.8 Å². The molecule has 3 fully saturated rings. The van der Waals surface area contributed by atoms with Crippen LogP contribution in [0.3, 0.4) is 0 Å². The zero-order valence-corrected chi connectivity index (χ0v) is 17.2. The molecule has 4 aromatic rings. The lowest BCUT2D eigenvalue weighted by molar-refractivity contribution is 0.0436. The van der Waals surface area contributed by atoms with Gasteiger partial charge in [-0.15, -0.1) is 0 Å². The molecule has 7 rings (SSSR count). The van der Waals surface area contributed by atoms with Crippen LogP contribution in [0, 0.1) is 11.8 Å². The van der Waals surface area contributed by atoms with Crippen LogP contribution in [0.2, 0.25) is 0 Å². The third-order valence-corrected chi connectivity index (χ3v) is 7.66. The summed E-state index contributed by atoms with van der Waals surface area (Å²) in [6, 6.07) is 10.8. The number of hydrogen-bond acceptors (Lipinski definition) is 4. The maximum absolute atomic E-state index is 13.8. The number of hydrogen-bond donors (Lipinski definition) is 2. The van der Waals surface area contributed by atoms with E-state index in [1.807, 2.05) is 36.7 Å². The number of amides is 1. The van der Waals surface area contributed by atoms with E-state index in [2.05, 4.69) is 35.8 Å². The van der Waals surface area contributed by atoms with Gasteiger partial charge in [-0.2, -0.15) is 0 Å². The maximum atomic E-state index is 13.8. The van der Waals surface area contributed by atoms with Gasteiger partial charge in [0.05, 0.1) is 11.4 Å². The molecule has 4 atom stereocenters. The number of H-pyrrole nitrogens is 2. The molecule has 0 spiro atoms. The molecule has 2 N–H and O–H groups in total. The van der Waals surface area contributed by atoms with Crippen LogP contribution in [0.15, 0.2) is 49.1 Å². The number of likely N-dealkylation sites (tertiary alicyclic amines) is 1. The highest BCUT2D eigenvalue weighted by Crippen LogP contribution is 2.52. The number of fused-ring (bicyclic) bond motifs is 5. The summed E-state index contributed by atoms with van der Waals surface area (Å²) in [5, 5.41) is 2.08. The maximum Gasteiger partial charge on any atom is 0.254 e. The Hall–Kier alpha value is -3.35. The summed E-state index contributed by atoms with van der Waals surface area (Å²) in [4.78, 5) is 33.8. The molecule has 0 radical (unpaired) electrons. The van der Waals surface area contributed by atoms with Crippen LogP contribution in [0.1, 0.15) is 29.6 Å². The molecule has 2 aliphatic heterocycles. The number of piperidine rings is 2. The third-order valence-electron chi connectivity index (χ3n) is 7.66. The molecule has 4 unspecified atom stereocenters. The van der Waals surface area contributed by atoms with Gasteiger partial charge in [0, 0.05) is 48.0 Å². The summed E-state index contributed by atoms with van der Waals surface area (Å²) in [7, 11) is 0. The molecular weight excluding hydrogens is 388 g/mol. The molecule has 156 valence electrons. The first kappa shape index (κ1) is 17.3. The van der Waals surface area contributed by atoms with Gasteiger partial charge >= 0.3 is 0 Å². The number of aromatic amines is 2. The van der Waals surface area contributed by atoms with Gasteiger partial charge in [0.2, 0.25) is 0 Å². The van der Waals surface area contributed by atoms with Crippen molar-refractivity contribution < 1.29 is 4.79 Å². The van der Waals surface area contributed by atoms with Crippen LogP contribution in [0.5, 0.6) is 0 Å². The SMILES string of the molecule is O=C(c1cccc2[nH]ccc12)N1CCCC2C3CC3N(c3ncnc4[nH]ccc34)CC21. The van der Waals surface area contributed by atoms with E-state index in [4.69, 9.17) is 0 Å². The van der Waals surface area contributed by atoms with E-state index in [1.165, 1.54) is 12.8 Å². The van der Waals surface area contributed by atoms with Gasteiger partial charge < -0.3 is 19.8 Å². The molecule has 1 amide bonds. The van der Waals surface area contributed by atoms with Gasteiger partial charge in [-0.25, -0.2) is 9.97 Å². The second-order valence-corrected chi connectivity index (χ2v) is 9.17. The number of aromatic nitrogens is 4. The smallest absolute Gasteiger partial charge is 0.254 e. The van der Waals surface area contributed by atoms with Crippen LogP contribution in [0.4, 0.5) is 5.82 Å². The van der Waals surface area contributed by atoms with Crippen molar-refractivity contribution in [2.24, 2.45) is 11.8 Å². The van der Waals surface area contributed by atoms with Crippen molar-refractivity contribution in [2.75, 3.05) is 18.0 Å². The summed E-state index contributed by atoms with van der Waals surface area (Å²) in [5.74, 6) is 2.41. The van der Waals surface area contributed by atoms with Crippen molar-refractivity contribution in [3.63, 3.8) is 0 Å². The van der Waals surface area contributed by atoms with Gasteiger partial charge in [-0.1, -0.05) is 6.07 Å². The largest absolute Gasteiger partial charge is 0.361 e. The molecule has 5 heterocycles. The fraction of sp³-hybridized carbons (Fsp3) is 0.375. The molecule has 2 saturated heterocycles. The Morgan fingerprint density at radius 1 is 1.00 bits per heavy atom. The summed E-state index contributed by atoms with van der Waals surface area (Å²) >= 11 is 0. The monoisotopic (exact) mass is 412 g/mol. The molecule has 3 aromatic heterocycles. The number of carbonyl (C=O) groups excluding carboxylic acids is 1. The molecule has 1 aromatic carbocycles. The second kappa shape index (κ2) is 6.33. The van der Waals surface area contributed by atoms with E-state index in [0.717, 1.165) is 52.8 Å². The average molecular weight is 412 g/mol. The minimum absolute atomic E-state index is 0.161. The van der Waals surface area contributed by atoms with Crippen LogP contribution < -0.4 is 4.90 Å². The standard InChI is InChI=1S/C24H24N6O/c31-24(16-3-1-5-19-14(16)6-8-25-19)29-10-2-4-15-18-11-20(18)30(12-21(15)29)23-17-7-9-26-22(17)27-13-28-23/h1,3,5-9,13,15,18,20-21,25H,2,4,10-12H2,(H,26,27,28). The number of nitrogens with one attached hydrogen (secondary N) is 2. The van der Waals surface area contributed by atoms with E-state index < -0.39 is 0 Å². The minimum atomic E-state index is 0.161. The summed E-state index contributed by atoms with van der Waals surface area (Å²) in [6.45, 7) is 1.67. The Morgan fingerprint density at radius 2 is 1.90 bits per heavy atom. The lowest BCUT2D eigenvalue weighted by Crippen LogP contribution is -2.58. The Labute approximate surface area is 179 Å². The first-order valence-electron chi connectivity index (χ1n) is 11.2. The van der Waals surface area contributed by atoms with E-state index in [9.17, 15) is 4.79 Å². The Balaban J connectivity index is 1.26. The summed E-state index contributed by atoms with van der Waals surface area (Å²) in [6.07, 6.45) is 9.00. The fourth-order valence-electron chi connectivity index (χ4n) is 6.19.